The normalized spacial score (nSPS) is 47.3. The zero-order chi connectivity index (χ0) is 36.0. The number of esters is 1. The summed E-state index contributed by atoms with van der Waals surface area (Å²) in [4.78, 5) is 12.1. The Hall–Kier alpha value is -1.15. The van der Waals surface area contributed by atoms with Crippen LogP contribution in [0.5, 0.6) is 0 Å². The molecule has 5 fully saturated rings. The van der Waals surface area contributed by atoms with Crippen LogP contribution in [-0.2, 0) is 42.7 Å². The largest absolute Gasteiger partial charge is 0.458 e. The molecular formula is C39H64O11. The number of fused-ring (bicyclic) bond motifs is 5. The van der Waals surface area contributed by atoms with E-state index >= 15 is 0 Å². The van der Waals surface area contributed by atoms with Crippen LogP contribution in [0.2, 0.25) is 0 Å². The van der Waals surface area contributed by atoms with E-state index in [2.05, 4.69) is 13.8 Å². The summed E-state index contributed by atoms with van der Waals surface area (Å²) in [5.74, 6) is 1.39. The van der Waals surface area contributed by atoms with Crippen molar-refractivity contribution in [2.75, 3.05) is 53.5 Å². The van der Waals surface area contributed by atoms with Gasteiger partial charge in [0, 0.05) is 38.4 Å². The molecule has 2 heterocycles. The number of hydrogen-bond acceptors (Lipinski definition) is 11. The maximum absolute atomic E-state index is 12.2. The van der Waals surface area contributed by atoms with Crippen molar-refractivity contribution in [1.82, 2.24) is 0 Å². The Balaban J connectivity index is 1.21. The van der Waals surface area contributed by atoms with E-state index in [-0.39, 0.29) is 47.6 Å². The number of ether oxygens (including phenoxy) is 8. The second-order valence-electron chi connectivity index (χ2n) is 16.5. The molecule has 0 spiro atoms. The Morgan fingerprint density at radius 1 is 0.880 bits per heavy atom. The van der Waals surface area contributed by atoms with Gasteiger partial charge >= 0.3 is 5.97 Å². The number of rotatable bonds is 14. The Bertz CT molecular complexity index is 1230. The number of carbonyl (C=O) groups excluding carboxylic acids is 1. The van der Waals surface area contributed by atoms with E-state index in [1.54, 1.807) is 13.0 Å². The number of cyclic esters (lactones) is 1. The first kappa shape index (κ1) is 38.6. The lowest BCUT2D eigenvalue weighted by Gasteiger charge is -2.65. The van der Waals surface area contributed by atoms with Gasteiger partial charge in [-0.2, -0.15) is 0 Å². The fourth-order valence-electron chi connectivity index (χ4n) is 11.8. The molecule has 0 aromatic carbocycles. The maximum atomic E-state index is 12.2. The van der Waals surface area contributed by atoms with E-state index in [9.17, 15) is 15.0 Å². The van der Waals surface area contributed by atoms with Crippen molar-refractivity contribution >= 4 is 5.97 Å². The summed E-state index contributed by atoms with van der Waals surface area (Å²) in [6, 6.07) is 0. The highest BCUT2D eigenvalue weighted by Crippen LogP contribution is 2.71. The minimum atomic E-state index is -1.75. The average molecular weight is 709 g/mol. The molecule has 1 unspecified atom stereocenters. The van der Waals surface area contributed by atoms with Gasteiger partial charge in [-0.15, -0.1) is 0 Å². The Kier molecular flexibility index (Phi) is 11.5. The molecule has 0 bridgehead atoms. The number of aliphatic hydroxyl groups is 2. The van der Waals surface area contributed by atoms with Crippen LogP contribution in [0.25, 0.3) is 0 Å². The van der Waals surface area contributed by atoms with Crippen LogP contribution in [0, 0.1) is 34.5 Å². The first-order valence-corrected chi connectivity index (χ1v) is 19.4. The van der Waals surface area contributed by atoms with Crippen LogP contribution in [-0.4, -0.2) is 111 Å². The molecule has 0 aromatic heterocycles. The molecule has 4 aliphatic carbocycles. The first-order chi connectivity index (χ1) is 23.9. The van der Waals surface area contributed by atoms with Crippen molar-refractivity contribution in [2.24, 2.45) is 34.5 Å². The lowest BCUT2D eigenvalue weighted by molar-refractivity contribution is -0.386. The molecule has 13 atom stereocenters. The lowest BCUT2D eigenvalue weighted by atomic mass is 9.43. The quantitative estimate of drug-likeness (QED) is 0.110. The van der Waals surface area contributed by atoms with Crippen LogP contribution in [0.1, 0.15) is 99.3 Å². The molecule has 1 saturated heterocycles. The standard InChI is InChI=1S/C39H64O11/c1-8-44-22-37(41)25(4)49-34(38(42,23-45-9-2)33(37)43-7)50-28-13-16-35(5)27(20-28)11-12-31-30(35)14-17-36(6)29(26-19-32(40)47-21-26)15-18-39(31,36)48-24-46-10-3/h19,25,27-31,33-34,41-42H,8-18,20-24H2,1-7H3/t25-,27+,28-,29+,30-,31+,33+,34-,35-,36+,37-,38-,39?/m0/s1. The minimum absolute atomic E-state index is 0.0458. The van der Waals surface area contributed by atoms with Crippen molar-refractivity contribution in [3.63, 3.8) is 0 Å². The fraction of sp³-hybridized carbons (Fsp3) is 0.923. The lowest BCUT2D eigenvalue weighted by Crippen LogP contribution is -2.75. The summed E-state index contributed by atoms with van der Waals surface area (Å²) >= 11 is 0. The van der Waals surface area contributed by atoms with E-state index in [4.69, 9.17) is 37.9 Å². The summed E-state index contributed by atoms with van der Waals surface area (Å²) in [6.45, 7) is 14.4. The number of methoxy groups -OCH3 is 1. The summed E-state index contributed by atoms with van der Waals surface area (Å²) < 4.78 is 48.6. The van der Waals surface area contributed by atoms with Crippen LogP contribution < -0.4 is 0 Å². The van der Waals surface area contributed by atoms with E-state index in [0.717, 1.165) is 63.4 Å². The molecular weight excluding hydrogens is 644 g/mol. The molecule has 6 rings (SSSR count). The van der Waals surface area contributed by atoms with Crippen LogP contribution >= 0.6 is 0 Å². The van der Waals surface area contributed by atoms with Gasteiger partial charge in [-0.05, 0) is 120 Å². The highest BCUT2D eigenvalue weighted by molar-refractivity contribution is 5.85. The molecule has 11 heteroatoms. The molecule has 0 amide bonds. The molecule has 0 radical (unpaired) electrons. The van der Waals surface area contributed by atoms with Crippen molar-refractivity contribution in [2.45, 2.75) is 141 Å². The Morgan fingerprint density at radius 2 is 1.60 bits per heavy atom. The number of carbonyl (C=O) groups is 1. The Labute approximate surface area is 299 Å². The van der Waals surface area contributed by atoms with Gasteiger partial charge in [0.2, 0.25) is 0 Å². The highest BCUT2D eigenvalue weighted by Gasteiger charge is 2.69. The van der Waals surface area contributed by atoms with Gasteiger partial charge in [-0.1, -0.05) is 13.8 Å². The SMILES string of the molecule is CCOCOC12CC[C@H](C3=CC(=O)OC3)[C@@]1(C)CC[C@H]1[C@H]2CC[C@@H]2C[C@@H](O[C@@H]3O[C@@H](C)[C@@](O)(COCC)[C@@H](OC)[C@@]3(O)COCC)CC[C@@]21C. The van der Waals surface area contributed by atoms with E-state index in [1.165, 1.54) is 7.11 Å². The second kappa shape index (κ2) is 14.9. The van der Waals surface area contributed by atoms with Crippen molar-refractivity contribution in [3.05, 3.63) is 11.6 Å². The zero-order valence-electron chi connectivity index (χ0n) is 31.6. The highest BCUT2D eigenvalue weighted by atomic mass is 16.7. The van der Waals surface area contributed by atoms with E-state index < -0.39 is 29.7 Å². The predicted octanol–water partition coefficient (Wildman–Crippen LogP) is 4.94. The third-order valence-corrected chi connectivity index (χ3v) is 14.5. The van der Waals surface area contributed by atoms with Gasteiger partial charge < -0.3 is 48.1 Å². The van der Waals surface area contributed by atoms with Crippen LogP contribution in [0.4, 0.5) is 0 Å². The predicted molar refractivity (Wildman–Crippen MR) is 184 cm³/mol. The minimum Gasteiger partial charge on any atom is -0.458 e. The second-order valence-corrected chi connectivity index (χ2v) is 16.5. The zero-order valence-corrected chi connectivity index (χ0v) is 31.6. The van der Waals surface area contributed by atoms with E-state index in [0.29, 0.717) is 51.0 Å². The smallest absolute Gasteiger partial charge is 0.331 e. The van der Waals surface area contributed by atoms with Crippen molar-refractivity contribution in [1.29, 1.82) is 0 Å². The summed E-state index contributed by atoms with van der Waals surface area (Å²) in [5, 5.41) is 24.0. The molecule has 286 valence electrons. The molecule has 0 aromatic rings. The molecule has 6 aliphatic rings. The monoisotopic (exact) mass is 708 g/mol. The topological polar surface area (TPSA) is 131 Å². The molecule has 4 saturated carbocycles. The summed E-state index contributed by atoms with van der Waals surface area (Å²) in [6.07, 6.45) is 7.82. The maximum Gasteiger partial charge on any atom is 0.331 e. The molecule has 11 nitrogen and oxygen atoms in total. The van der Waals surface area contributed by atoms with Gasteiger partial charge in [0.05, 0.1) is 31.0 Å². The van der Waals surface area contributed by atoms with Gasteiger partial charge in [0.1, 0.15) is 25.1 Å². The average Bonchev–Trinajstić information content (AvgIpc) is 3.65. The molecule has 50 heavy (non-hydrogen) atoms. The molecule has 2 aliphatic heterocycles. The van der Waals surface area contributed by atoms with Gasteiger partial charge in [-0.25, -0.2) is 4.79 Å². The summed E-state index contributed by atoms with van der Waals surface area (Å²) in [7, 11) is 1.49. The van der Waals surface area contributed by atoms with Crippen LogP contribution in [0.15, 0.2) is 11.6 Å². The van der Waals surface area contributed by atoms with Crippen molar-refractivity contribution in [3.8, 4) is 0 Å². The Morgan fingerprint density at radius 3 is 2.26 bits per heavy atom. The van der Waals surface area contributed by atoms with Gasteiger partial charge in [0.15, 0.2) is 11.9 Å². The van der Waals surface area contributed by atoms with E-state index in [1.807, 2.05) is 20.8 Å². The fourth-order valence-corrected chi connectivity index (χ4v) is 11.8. The van der Waals surface area contributed by atoms with Gasteiger partial charge in [0.25, 0.3) is 0 Å². The summed E-state index contributed by atoms with van der Waals surface area (Å²) in [5.41, 5.74) is -2.51. The molecule has 2 N–H and O–H groups in total. The number of hydrogen-bond donors (Lipinski definition) is 2. The third-order valence-electron chi connectivity index (χ3n) is 14.5. The third kappa shape index (κ3) is 6.22. The first-order valence-electron chi connectivity index (χ1n) is 19.4. The van der Waals surface area contributed by atoms with Crippen LogP contribution in [0.3, 0.4) is 0 Å². The van der Waals surface area contributed by atoms with Crippen molar-refractivity contribution < 1.29 is 52.9 Å². The van der Waals surface area contributed by atoms with Gasteiger partial charge in [-0.3, -0.25) is 0 Å².